The largest absolute Gasteiger partial charge is 0.473 e. The molecule has 0 unspecified atom stereocenters. The second-order valence-corrected chi connectivity index (χ2v) is 3.64. The molecule has 0 aliphatic heterocycles. The van der Waals surface area contributed by atoms with Crippen LogP contribution < -0.4 is 4.74 Å². The number of hydrogen-bond acceptors (Lipinski definition) is 5. The van der Waals surface area contributed by atoms with Crippen molar-refractivity contribution in [1.82, 2.24) is 15.2 Å². The van der Waals surface area contributed by atoms with E-state index in [9.17, 15) is 0 Å². The first-order valence-electron chi connectivity index (χ1n) is 4.39. The fraction of sp³-hybridized carbons (Fsp3) is 0.625. The summed E-state index contributed by atoms with van der Waals surface area (Å²) < 4.78 is 10.5. The second-order valence-electron chi connectivity index (χ2n) is 2.94. The fourth-order valence-electron chi connectivity index (χ4n) is 0.794. The zero-order chi connectivity index (χ0) is 11.3. The van der Waals surface area contributed by atoms with E-state index >= 15 is 0 Å². The number of aromatic nitrogens is 3. The topological polar surface area (TPSA) is 57.1 Å². The van der Waals surface area contributed by atoms with E-state index in [2.05, 4.69) is 15.2 Å². The van der Waals surface area contributed by atoms with E-state index in [4.69, 9.17) is 32.7 Å². The van der Waals surface area contributed by atoms with E-state index in [1.807, 2.05) is 13.8 Å². The van der Waals surface area contributed by atoms with Crippen molar-refractivity contribution >= 4 is 23.2 Å². The number of ether oxygens (including phenoxy) is 2. The Kier molecular flexibility index (Phi) is 5.01. The van der Waals surface area contributed by atoms with Crippen molar-refractivity contribution in [2.24, 2.45) is 0 Å². The molecule has 0 fully saturated rings. The first kappa shape index (κ1) is 12.4. The van der Waals surface area contributed by atoms with Crippen molar-refractivity contribution < 1.29 is 9.47 Å². The highest BCUT2D eigenvalue weighted by atomic mass is 35.5. The van der Waals surface area contributed by atoms with Gasteiger partial charge in [-0.15, -0.1) is 10.2 Å². The summed E-state index contributed by atoms with van der Waals surface area (Å²) in [6, 6.07) is 0. The van der Waals surface area contributed by atoms with Crippen LogP contribution in [0.5, 0.6) is 5.88 Å². The first-order chi connectivity index (χ1) is 7.09. The van der Waals surface area contributed by atoms with Crippen LogP contribution in [0.1, 0.15) is 13.8 Å². The summed E-state index contributed by atoms with van der Waals surface area (Å²) in [6.07, 6.45) is 0.163. The zero-order valence-electron chi connectivity index (χ0n) is 8.41. The van der Waals surface area contributed by atoms with Gasteiger partial charge in [0.2, 0.25) is 10.4 Å². The lowest BCUT2D eigenvalue weighted by Gasteiger charge is -2.08. The molecule has 0 saturated heterocycles. The van der Waals surface area contributed by atoms with E-state index in [0.717, 1.165) is 0 Å². The average molecular weight is 252 g/mol. The summed E-state index contributed by atoms with van der Waals surface area (Å²) >= 11 is 11.2. The monoisotopic (exact) mass is 251 g/mol. The molecule has 0 bridgehead atoms. The normalized spacial score (nSPS) is 10.7. The molecule has 0 N–H and O–H groups in total. The molecule has 1 rings (SSSR count). The van der Waals surface area contributed by atoms with Crippen molar-refractivity contribution in [3.05, 3.63) is 10.4 Å². The van der Waals surface area contributed by atoms with Crippen molar-refractivity contribution in [2.75, 3.05) is 13.2 Å². The second kappa shape index (κ2) is 6.05. The van der Waals surface area contributed by atoms with Gasteiger partial charge in [-0.2, -0.15) is 4.98 Å². The van der Waals surface area contributed by atoms with Gasteiger partial charge in [0.25, 0.3) is 5.88 Å². The molecule has 0 radical (unpaired) electrons. The van der Waals surface area contributed by atoms with Crippen LogP contribution in [0.2, 0.25) is 10.4 Å². The van der Waals surface area contributed by atoms with Gasteiger partial charge < -0.3 is 9.47 Å². The molecule has 0 aromatic carbocycles. The Labute approximate surface area is 97.7 Å². The summed E-state index contributed by atoms with van der Waals surface area (Å²) in [5.41, 5.74) is 0. The molecule has 0 aliphatic carbocycles. The van der Waals surface area contributed by atoms with Gasteiger partial charge in [-0.3, -0.25) is 0 Å². The molecule has 5 nitrogen and oxygen atoms in total. The highest BCUT2D eigenvalue weighted by molar-refractivity contribution is 6.31. The van der Waals surface area contributed by atoms with Crippen LogP contribution in [0, 0.1) is 0 Å². The molecule has 0 atom stereocenters. The SMILES string of the molecule is CC(C)OCCOc1nc(Cl)nnc1Cl. The summed E-state index contributed by atoms with van der Waals surface area (Å²) in [5, 5.41) is 7.09. The van der Waals surface area contributed by atoms with Crippen LogP contribution >= 0.6 is 23.2 Å². The molecule has 0 amide bonds. The van der Waals surface area contributed by atoms with Crippen molar-refractivity contribution in [2.45, 2.75) is 20.0 Å². The quantitative estimate of drug-likeness (QED) is 0.750. The van der Waals surface area contributed by atoms with Gasteiger partial charge in [-0.05, 0) is 25.4 Å². The van der Waals surface area contributed by atoms with Crippen molar-refractivity contribution in [1.29, 1.82) is 0 Å². The third kappa shape index (κ3) is 4.59. The van der Waals surface area contributed by atoms with Gasteiger partial charge in [0, 0.05) is 0 Å². The minimum Gasteiger partial charge on any atom is -0.473 e. The standard InChI is InChI=1S/C8H11Cl2N3O2/c1-5(2)14-3-4-15-7-6(9)12-13-8(10)11-7/h5H,3-4H2,1-2H3. The minimum absolute atomic E-state index is 0.000761. The van der Waals surface area contributed by atoms with Crippen LogP contribution in [-0.4, -0.2) is 34.5 Å². The van der Waals surface area contributed by atoms with Gasteiger partial charge in [-0.1, -0.05) is 11.6 Å². The van der Waals surface area contributed by atoms with Gasteiger partial charge in [0.1, 0.15) is 6.61 Å². The van der Waals surface area contributed by atoms with Gasteiger partial charge in [0.15, 0.2) is 0 Å². The van der Waals surface area contributed by atoms with Crippen LogP contribution in [0.25, 0.3) is 0 Å². The van der Waals surface area contributed by atoms with Gasteiger partial charge in [-0.25, -0.2) is 0 Å². The Hall–Kier alpha value is -0.650. The lowest BCUT2D eigenvalue weighted by atomic mass is 10.5. The summed E-state index contributed by atoms with van der Waals surface area (Å²) in [7, 11) is 0. The van der Waals surface area contributed by atoms with Crippen LogP contribution in [0.4, 0.5) is 0 Å². The Morgan fingerprint density at radius 1 is 1.20 bits per heavy atom. The van der Waals surface area contributed by atoms with Gasteiger partial charge in [0.05, 0.1) is 12.7 Å². The number of nitrogens with zero attached hydrogens (tertiary/aromatic N) is 3. The Bertz CT molecular complexity index is 323. The maximum atomic E-state index is 5.68. The van der Waals surface area contributed by atoms with Gasteiger partial charge >= 0.3 is 0 Å². The van der Waals surface area contributed by atoms with Crippen molar-refractivity contribution in [3.63, 3.8) is 0 Å². The molecule has 0 aliphatic rings. The summed E-state index contributed by atoms with van der Waals surface area (Å²) in [4.78, 5) is 3.77. The Morgan fingerprint density at radius 3 is 2.60 bits per heavy atom. The third-order valence-electron chi connectivity index (χ3n) is 1.36. The summed E-state index contributed by atoms with van der Waals surface area (Å²) in [5.74, 6) is 0.170. The molecular weight excluding hydrogens is 241 g/mol. The number of hydrogen-bond donors (Lipinski definition) is 0. The van der Waals surface area contributed by atoms with Crippen LogP contribution in [0.15, 0.2) is 0 Å². The zero-order valence-corrected chi connectivity index (χ0v) is 9.92. The Balaban J connectivity index is 2.40. The van der Waals surface area contributed by atoms with E-state index in [1.54, 1.807) is 0 Å². The van der Waals surface area contributed by atoms with E-state index in [1.165, 1.54) is 0 Å². The Morgan fingerprint density at radius 2 is 1.93 bits per heavy atom. The number of rotatable bonds is 5. The first-order valence-corrected chi connectivity index (χ1v) is 5.15. The number of halogens is 2. The van der Waals surface area contributed by atoms with Crippen molar-refractivity contribution in [3.8, 4) is 5.88 Å². The molecule has 1 aromatic heterocycles. The molecule has 15 heavy (non-hydrogen) atoms. The molecule has 0 saturated carbocycles. The predicted octanol–water partition coefficient (Wildman–Crippen LogP) is 1.98. The maximum absolute atomic E-state index is 5.68. The fourth-order valence-corrected chi connectivity index (χ4v) is 1.04. The molecule has 1 aromatic rings. The third-order valence-corrected chi connectivity index (χ3v) is 1.76. The lowest BCUT2D eigenvalue weighted by molar-refractivity contribution is 0.0541. The average Bonchev–Trinajstić information content (AvgIpc) is 2.17. The molecule has 7 heteroatoms. The molecule has 84 valence electrons. The molecule has 1 heterocycles. The maximum Gasteiger partial charge on any atom is 0.257 e. The van der Waals surface area contributed by atoms with Crippen LogP contribution in [0.3, 0.4) is 0 Å². The lowest BCUT2D eigenvalue weighted by Crippen LogP contribution is -2.12. The molecule has 0 spiro atoms. The predicted molar refractivity (Wildman–Crippen MR) is 56.4 cm³/mol. The van der Waals surface area contributed by atoms with E-state index < -0.39 is 0 Å². The highest BCUT2D eigenvalue weighted by Gasteiger charge is 2.07. The summed E-state index contributed by atoms with van der Waals surface area (Å²) in [6.45, 7) is 4.68. The van der Waals surface area contributed by atoms with E-state index in [0.29, 0.717) is 13.2 Å². The van der Waals surface area contributed by atoms with E-state index in [-0.39, 0.29) is 22.4 Å². The highest BCUT2D eigenvalue weighted by Crippen LogP contribution is 2.18. The van der Waals surface area contributed by atoms with Crippen LogP contribution in [-0.2, 0) is 4.74 Å². The smallest absolute Gasteiger partial charge is 0.257 e. The molecular formula is C8H11Cl2N3O2. The minimum atomic E-state index is -0.000761.